The van der Waals surface area contributed by atoms with E-state index < -0.39 is 17.1 Å². The maximum atomic E-state index is 13.3. The highest BCUT2D eigenvalue weighted by Crippen LogP contribution is 2.37. The highest BCUT2D eigenvalue weighted by Gasteiger charge is 2.36. The summed E-state index contributed by atoms with van der Waals surface area (Å²) in [5.74, 6) is -0.829. The van der Waals surface area contributed by atoms with Gasteiger partial charge in [-0.25, -0.2) is 4.39 Å². The molecule has 0 spiro atoms. The third-order valence-electron chi connectivity index (χ3n) is 5.99. The van der Waals surface area contributed by atoms with Crippen LogP contribution in [0.2, 0.25) is 0 Å². The van der Waals surface area contributed by atoms with E-state index in [0.717, 1.165) is 38.6 Å². The van der Waals surface area contributed by atoms with E-state index in [9.17, 15) is 18.8 Å². The zero-order valence-electron chi connectivity index (χ0n) is 20.4. The number of amides is 3. The molecule has 1 fully saturated rings. The summed E-state index contributed by atoms with van der Waals surface area (Å²) in [4.78, 5) is 39.6. The van der Waals surface area contributed by atoms with Crippen LogP contribution in [0.4, 0.5) is 14.9 Å². The average Bonchev–Trinajstić information content (AvgIpc) is 3.16. The zero-order valence-corrected chi connectivity index (χ0v) is 21.3. The van der Waals surface area contributed by atoms with Crippen LogP contribution >= 0.6 is 11.8 Å². The lowest BCUT2D eigenvalue weighted by molar-refractivity contribution is -0.127. The summed E-state index contributed by atoms with van der Waals surface area (Å²) in [6, 6.07) is 24.6. The van der Waals surface area contributed by atoms with E-state index in [4.69, 9.17) is 4.74 Å². The first-order chi connectivity index (χ1) is 18.4. The fraction of sp³-hybridized carbons (Fsp3) is 0.100. The molecular weight excluding hydrogens is 503 g/mol. The molecule has 0 aromatic heterocycles. The first-order valence-electron chi connectivity index (χ1n) is 11.9. The Morgan fingerprint density at radius 2 is 1.79 bits per heavy atom. The van der Waals surface area contributed by atoms with Crippen molar-refractivity contribution in [3.05, 3.63) is 112 Å². The Hall–Kier alpha value is -4.43. The molecule has 6 nitrogen and oxygen atoms in total. The number of anilines is 1. The number of hydrogen-bond acceptors (Lipinski definition) is 5. The van der Waals surface area contributed by atoms with Crippen LogP contribution in [-0.2, 0) is 16.2 Å². The molecule has 3 amide bonds. The highest BCUT2D eigenvalue weighted by atomic mass is 32.2. The lowest BCUT2D eigenvalue weighted by Crippen LogP contribution is -2.36. The molecular formula is C30H23FN2O4S. The molecule has 1 saturated heterocycles. The second kappa shape index (κ2) is 10.9. The molecule has 1 N–H and O–H groups in total. The average molecular weight is 527 g/mol. The van der Waals surface area contributed by atoms with E-state index in [1.165, 1.54) is 12.1 Å². The maximum absolute atomic E-state index is 13.3. The van der Waals surface area contributed by atoms with Gasteiger partial charge >= 0.3 is 0 Å². The Balaban J connectivity index is 1.39. The zero-order chi connectivity index (χ0) is 26.6. The van der Waals surface area contributed by atoms with Gasteiger partial charge in [-0.05, 0) is 77.0 Å². The normalized spacial score (nSPS) is 14.4. The van der Waals surface area contributed by atoms with Gasteiger partial charge in [0.25, 0.3) is 11.1 Å². The molecule has 1 heterocycles. The van der Waals surface area contributed by atoms with Crippen LogP contribution in [0.25, 0.3) is 16.8 Å². The molecule has 38 heavy (non-hydrogen) atoms. The van der Waals surface area contributed by atoms with Gasteiger partial charge in [-0.3, -0.25) is 19.3 Å². The molecule has 0 aliphatic carbocycles. The summed E-state index contributed by atoms with van der Waals surface area (Å²) in [6.45, 7) is 1.71. The van der Waals surface area contributed by atoms with Crippen molar-refractivity contribution in [1.29, 1.82) is 0 Å². The standard InChI is InChI=1S/C30H23FN2O4S/c1-19-5-4-7-23(15-19)32-28(34)17-33-29(35)27(38-30(33)36)16-25-24-8-3-2-6-21(24)11-14-26(25)37-18-20-9-12-22(31)13-10-20/h2-16H,17-18H2,1H3,(H,32,34)/b27-16-. The van der Waals surface area contributed by atoms with Gasteiger partial charge < -0.3 is 10.1 Å². The van der Waals surface area contributed by atoms with Crippen molar-refractivity contribution in [1.82, 2.24) is 4.90 Å². The van der Waals surface area contributed by atoms with Gasteiger partial charge in [0.05, 0.1) is 4.91 Å². The molecule has 190 valence electrons. The van der Waals surface area contributed by atoms with Gasteiger partial charge in [-0.1, -0.05) is 54.6 Å². The highest BCUT2D eigenvalue weighted by molar-refractivity contribution is 8.18. The summed E-state index contributed by atoms with van der Waals surface area (Å²) >= 11 is 0.782. The number of aryl methyl sites for hydroxylation is 1. The topological polar surface area (TPSA) is 75.7 Å². The first-order valence-corrected chi connectivity index (χ1v) is 12.7. The maximum Gasteiger partial charge on any atom is 0.294 e. The largest absolute Gasteiger partial charge is 0.488 e. The fourth-order valence-corrected chi connectivity index (χ4v) is 4.95. The summed E-state index contributed by atoms with van der Waals surface area (Å²) in [7, 11) is 0. The van der Waals surface area contributed by atoms with Crippen molar-refractivity contribution >= 4 is 51.4 Å². The number of carbonyl (C=O) groups is 3. The number of nitrogens with zero attached hydrogens (tertiary/aromatic N) is 1. The van der Waals surface area contributed by atoms with Crippen LogP contribution in [0, 0.1) is 12.7 Å². The summed E-state index contributed by atoms with van der Waals surface area (Å²) < 4.78 is 19.3. The second-order valence-electron chi connectivity index (χ2n) is 8.80. The number of thioether (sulfide) groups is 1. The number of hydrogen-bond donors (Lipinski definition) is 1. The monoisotopic (exact) mass is 526 g/mol. The molecule has 4 aromatic rings. The van der Waals surface area contributed by atoms with Gasteiger partial charge in [0.1, 0.15) is 24.7 Å². The van der Waals surface area contributed by atoms with Gasteiger partial charge in [0.15, 0.2) is 0 Å². The minimum atomic E-state index is -0.545. The quantitative estimate of drug-likeness (QED) is 0.277. The van der Waals surface area contributed by atoms with E-state index in [-0.39, 0.29) is 23.9 Å². The van der Waals surface area contributed by atoms with Crippen molar-refractivity contribution in [3.8, 4) is 5.75 Å². The van der Waals surface area contributed by atoms with Crippen LogP contribution in [0.1, 0.15) is 16.7 Å². The summed E-state index contributed by atoms with van der Waals surface area (Å²) in [5, 5.41) is 3.98. The number of imide groups is 1. The van der Waals surface area contributed by atoms with Gasteiger partial charge in [0, 0.05) is 11.3 Å². The molecule has 0 unspecified atom stereocenters. The smallest absolute Gasteiger partial charge is 0.294 e. The number of halogens is 1. The molecule has 0 atom stereocenters. The van der Waals surface area contributed by atoms with Gasteiger partial charge in [-0.2, -0.15) is 0 Å². The fourth-order valence-electron chi connectivity index (χ4n) is 4.13. The van der Waals surface area contributed by atoms with E-state index in [2.05, 4.69) is 5.32 Å². The number of rotatable bonds is 7. The lowest BCUT2D eigenvalue weighted by Gasteiger charge is -2.14. The predicted octanol–water partition coefficient (Wildman–Crippen LogP) is 6.54. The molecule has 0 bridgehead atoms. The van der Waals surface area contributed by atoms with Crippen LogP contribution in [0.5, 0.6) is 5.75 Å². The minimum Gasteiger partial charge on any atom is -0.488 e. The minimum absolute atomic E-state index is 0.195. The molecule has 1 aliphatic heterocycles. The van der Waals surface area contributed by atoms with Crippen molar-refractivity contribution in [2.24, 2.45) is 0 Å². The Morgan fingerprint density at radius 1 is 1.00 bits per heavy atom. The van der Waals surface area contributed by atoms with E-state index in [1.807, 2.05) is 49.4 Å². The van der Waals surface area contributed by atoms with Crippen LogP contribution in [0.3, 0.4) is 0 Å². The van der Waals surface area contributed by atoms with E-state index in [1.54, 1.807) is 36.4 Å². The van der Waals surface area contributed by atoms with Crippen molar-refractivity contribution in [3.63, 3.8) is 0 Å². The second-order valence-corrected chi connectivity index (χ2v) is 9.79. The summed E-state index contributed by atoms with van der Waals surface area (Å²) in [6.07, 6.45) is 1.63. The third kappa shape index (κ3) is 5.60. The Morgan fingerprint density at radius 3 is 2.58 bits per heavy atom. The van der Waals surface area contributed by atoms with Crippen LogP contribution < -0.4 is 10.1 Å². The van der Waals surface area contributed by atoms with E-state index >= 15 is 0 Å². The van der Waals surface area contributed by atoms with Gasteiger partial charge in [0.2, 0.25) is 5.91 Å². The Labute approximate surface area is 223 Å². The number of carbonyl (C=O) groups excluding carboxylic acids is 3. The van der Waals surface area contributed by atoms with Crippen LogP contribution in [0.15, 0.2) is 89.8 Å². The molecule has 0 radical (unpaired) electrons. The summed E-state index contributed by atoms with van der Waals surface area (Å²) in [5.41, 5.74) is 2.99. The number of fused-ring (bicyclic) bond motifs is 1. The predicted molar refractivity (Wildman–Crippen MR) is 147 cm³/mol. The molecule has 4 aromatic carbocycles. The van der Waals surface area contributed by atoms with Crippen LogP contribution in [-0.4, -0.2) is 28.5 Å². The first kappa shape index (κ1) is 25.2. The molecule has 8 heteroatoms. The molecule has 0 saturated carbocycles. The van der Waals surface area contributed by atoms with Crippen molar-refractivity contribution < 1.29 is 23.5 Å². The Bertz CT molecular complexity index is 1580. The number of nitrogens with one attached hydrogen (secondary N) is 1. The molecule has 1 aliphatic rings. The van der Waals surface area contributed by atoms with E-state index in [0.29, 0.717) is 17.0 Å². The lowest BCUT2D eigenvalue weighted by atomic mass is 10.0. The number of benzene rings is 4. The Kier molecular flexibility index (Phi) is 7.24. The third-order valence-corrected chi connectivity index (χ3v) is 6.90. The molecule has 5 rings (SSSR count). The number of ether oxygens (including phenoxy) is 1. The van der Waals surface area contributed by atoms with Crippen molar-refractivity contribution in [2.75, 3.05) is 11.9 Å². The van der Waals surface area contributed by atoms with Gasteiger partial charge in [-0.15, -0.1) is 0 Å². The van der Waals surface area contributed by atoms with Crippen molar-refractivity contribution in [2.45, 2.75) is 13.5 Å². The SMILES string of the molecule is Cc1cccc(NC(=O)CN2C(=O)S/C(=C\c3c(OCc4ccc(F)cc4)ccc4ccccc34)C2=O)c1.